The van der Waals surface area contributed by atoms with Crippen molar-refractivity contribution in [3.8, 4) is 112 Å². The van der Waals surface area contributed by atoms with E-state index in [1.54, 1.807) is 0 Å². The quantitative estimate of drug-likeness (QED) is 0.114. The molecule has 19 aromatic carbocycles. The molecule has 0 atom stereocenters. The second-order valence-corrected chi connectivity index (χ2v) is 33.1. The summed E-state index contributed by atoms with van der Waals surface area (Å²) in [7, 11) is 0. The Bertz CT molecular complexity index is 7160. The topological polar surface area (TPSA) is 9.86 Å². The van der Waals surface area contributed by atoms with Gasteiger partial charge in [0.25, 0.3) is 0 Å². The predicted molar refractivity (Wildman–Crippen MR) is 498 cm³/mol. The fraction of sp³-hybridized carbons (Fsp3) is 0.0702. The lowest BCUT2D eigenvalue weighted by Gasteiger charge is -2.19. The van der Waals surface area contributed by atoms with E-state index in [9.17, 15) is 0 Å². The molecule has 0 aliphatic carbocycles. The van der Waals surface area contributed by atoms with Crippen molar-refractivity contribution < 1.29 is 0 Å². The predicted octanol–water partition coefficient (Wildman–Crippen LogP) is 31.8. The van der Waals surface area contributed by atoms with Gasteiger partial charge in [-0.3, -0.25) is 0 Å². The fourth-order valence-electron chi connectivity index (χ4n) is 18.0. The zero-order valence-electron chi connectivity index (χ0n) is 66.2. The summed E-state index contributed by atoms with van der Waals surface area (Å²) >= 11 is 0. The largest absolute Gasteiger partial charge is 0.309 e. The molecule has 21 rings (SSSR count). The first-order valence-corrected chi connectivity index (χ1v) is 40.6. The van der Waals surface area contributed by atoms with Gasteiger partial charge in [-0.05, 0) is 226 Å². The van der Waals surface area contributed by atoms with Crippen LogP contribution in [0.25, 0.3) is 198 Å². The second-order valence-electron chi connectivity index (χ2n) is 33.1. The van der Waals surface area contributed by atoms with Gasteiger partial charge in [0.15, 0.2) is 0 Å². The first-order chi connectivity index (χ1) is 56.8. The average molecular weight is 1480 g/mol. The number of para-hydroxylation sites is 2. The molecule has 0 fully saturated rings. The van der Waals surface area contributed by atoms with Crippen molar-refractivity contribution >= 4 is 86.7 Å². The summed E-state index contributed by atoms with van der Waals surface area (Å²) in [4.78, 5) is 0. The van der Waals surface area contributed by atoms with Crippen molar-refractivity contribution in [2.24, 2.45) is 0 Å². The minimum Gasteiger partial charge on any atom is -0.309 e. The molecule has 0 amide bonds. The van der Waals surface area contributed by atoms with Crippen molar-refractivity contribution in [1.29, 1.82) is 0 Å². The lowest BCUT2D eigenvalue weighted by molar-refractivity contribution is 0.590. The smallest absolute Gasteiger partial charge is 0.0541 e. The fourth-order valence-corrected chi connectivity index (χ4v) is 18.0. The van der Waals surface area contributed by atoms with Crippen LogP contribution in [0.1, 0.15) is 52.7 Å². The summed E-state index contributed by atoms with van der Waals surface area (Å²) < 4.78 is 4.81. The number of fused-ring (bicyclic) bond motifs is 10. The van der Waals surface area contributed by atoms with Crippen LogP contribution in [0.15, 0.2) is 413 Å². The third-order valence-corrected chi connectivity index (χ3v) is 24.0. The van der Waals surface area contributed by atoms with Crippen LogP contribution < -0.4 is 0 Å². The van der Waals surface area contributed by atoms with Gasteiger partial charge in [0.2, 0.25) is 0 Å². The third kappa shape index (κ3) is 12.8. The lowest BCUT2D eigenvalue weighted by atomic mass is 9.85. The molecule has 2 heterocycles. The van der Waals surface area contributed by atoms with Crippen LogP contribution in [0.3, 0.4) is 0 Å². The van der Waals surface area contributed by atoms with Crippen molar-refractivity contribution in [3.05, 3.63) is 424 Å². The van der Waals surface area contributed by atoms with E-state index < -0.39 is 0 Å². The SMILES string of the molecule is CC(C)(C)c1ccc(-n2c3ccccc3c3cc(-c4ccc(-c5c6ccccc6c(-c6ccc(-c7ccc(-c8ccccc8)cc7)cc6)c6ccccc56)cc4)ccc32)cc1.CC(C)(C)c1ccc(-n2c3ccccc3c3cc(-c4ccc(-c5c6ccccc6c(-c6ccc(-c7ccccc7)cc6)c6ccccc56)cc4)ccc32)cc1. The van der Waals surface area contributed by atoms with Crippen LogP contribution in [-0.2, 0) is 10.8 Å². The van der Waals surface area contributed by atoms with E-state index in [4.69, 9.17) is 0 Å². The molecule has 2 heteroatoms. The van der Waals surface area contributed by atoms with Crippen LogP contribution in [-0.4, -0.2) is 9.13 Å². The summed E-state index contributed by atoms with van der Waals surface area (Å²) in [6.45, 7) is 13.6. The molecule has 2 nitrogen and oxygen atoms in total. The maximum absolute atomic E-state index is 2.41. The molecule has 0 spiro atoms. The van der Waals surface area contributed by atoms with Gasteiger partial charge in [0.05, 0.1) is 22.1 Å². The van der Waals surface area contributed by atoms with E-state index in [2.05, 4.69) is 463 Å². The van der Waals surface area contributed by atoms with Crippen molar-refractivity contribution in [2.75, 3.05) is 0 Å². The maximum Gasteiger partial charge on any atom is 0.0541 e. The Morgan fingerprint density at radius 2 is 0.336 bits per heavy atom. The zero-order chi connectivity index (χ0) is 78.2. The number of benzene rings is 19. The first kappa shape index (κ1) is 70.9. The maximum atomic E-state index is 2.41. The Labute approximate surface area is 678 Å². The first-order valence-electron chi connectivity index (χ1n) is 40.6. The molecule has 0 unspecified atom stereocenters. The Morgan fingerprint density at radius 3 is 0.586 bits per heavy atom. The number of hydrogen-bond donors (Lipinski definition) is 0. The van der Waals surface area contributed by atoms with Gasteiger partial charge < -0.3 is 9.13 Å². The van der Waals surface area contributed by atoms with Gasteiger partial charge in [0.1, 0.15) is 0 Å². The molecule has 21 aromatic rings. The van der Waals surface area contributed by atoms with Gasteiger partial charge in [0, 0.05) is 32.9 Å². The van der Waals surface area contributed by atoms with E-state index in [1.807, 2.05) is 0 Å². The molecule has 0 N–H and O–H groups in total. The standard InChI is InChI=1S/C60H45N.C54H41N/c1-60(2,3)48-34-36-49(37-35-48)61-56-20-12-11-15-50(56)55-39-47(33-38-57(55)61)44-27-31-46(32-28-44)59-53-18-9-7-16-51(53)58(52-17-8-10-19-54(52)59)45-29-25-43(26-30-45)42-23-21-41(22-24-42)40-13-5-4-6-14-40;1-54(2,3)42-30-32-43(33-31-42)55-50-20-12-11-15-44(50)49-35-41(29-34-51(49)55)38-23-27-40(28-24-38)53-47-18-9-7-16-45(47)52(46-17-8-10-19-48(46)53)39-25-21-37(22-26-39)36-13-5-4-6-14-36/h4-39H,1-3H3;4-35H,1-3H3. The molecule has 0 aliphatic rings. The molecule has 0 saturated heterocycles. The zero-order valence-corrected chi connectivity index (χ0v) is 66.2. The van der Waals surface area contributed by atoms with Gasteiger partial charge in [-0.25, -0.2) is 0 Å². The highest BCUT2D eigenvalue weighted by Crippen LogP contribution is 2.48. The molecule has 0 bridgehead atoms. The molecule has 0 aliphatic heterocycles. The van der Waals surface area contributed by atoms with Gasteiger partial charge in [-0.15, -0.1) is 0 Å². The Kier molecular flexibility index (Phi) is 17.8. The summed E-state index contributed by atoms with van der Waals surface area (Å²) in [5, 5.41) is 15.2. The average Bonchev–Trinajstić information content (AvgIpc) is 1.40. The van der Waals surface area contributed by atoms with Crippen molar-refractivity contribution in [2.45, 2.75) is 52.4 Å². The highest BCUT2D eigenvalue weighted by Gasteiger charge is 2.23. The van der Waals surface area contributed by atoms with Gasteiger partial charge in [-0.1, -0.05) is 393 Å². The van der Waals surface area contributed by atoms with Gasteiger partial charge >= 0.3 is 0 Å². The molecule has 116 heavy (non-hydrogen) atoms. The minimum absolute atomic E-state index is 0.110. The lowest BCUT2D eigenvalue weighted by Crippen LogP contribution is -2.10. The third-order valence-electron chi connectivity index (χ3n) is 24.0. The summed E-state index contributed by atoms with van der Waals surface area (Å²) in [6.07, 6.45) is 0. The number of hydrogen-bond acceptors (Lipinski definition) is 0. The highest BCUT2D eigenvalue weighted by atomic mass is 15.0. The molecule has 0 saturated carbocycles. The Morgan fingerprint density at radius 1 is 0.147 bits per heavy atom. The number of rotatable bonds is 11. The normalized spacial score (nSPS) is 11.9. The van der Waals surface area contributed by atoms with Crippen LogP contribution in [0.5, 0.6) is 0 Å². The molecule has 552 valence electrons. The van der Waals surface area contributed by atoms with Gasteiger partial charge in [-0.2, -0.15) is 0 Å². The highest BCUT2D eigenvalue weighted by molar-refractivity contribution is 6.23. The van der Waals surface area contributed by atoms with E-state index in [0.717, 1.165) is 0 Å². The molecule has 2 aromatic heterocycles. The second kappa shape index (κ2) is 29.1. The van der Waals surface area contributed by atoms with Crippen LogP contribution in [0, 0.1) is 0 Å². The minimum atomic E-state index is 0.110. The number of nitrogens with zero attached hydrogens (tertiary/aromatic N) is 2. The molecular weight excluding hydrogens is 1400 g/mol. The van der Waals surface area contributed by atoms with E-state index in [-0.39, 0.29) is 10.8 Å². The van der Waals surface area contributed by atoms with E-state index in [1.165, 1.54) is 209 Å². The summed E-state index contributed by atoms with van der Waals surface area (Å²) in [5.74, 6) is 0. The monoisotopic (exact) mass is 1480 g/mol. The Balaban J connectivity index is 0.000000150. The van der Waals surface area contributed by atoms with Crippen molar-refractivity contribution in [1.82, 2.24) is 9.13 Å². The summed E-state index contributed by atoms with van der Waals surface area (Å²) in [6, 6.07) is 152. The van der Waals surface area contributed by atoms with Crippen LogP contribution >= 0.6 is 0 Å². The van der Waals surface area contributed by atoms with E-state index >= 15 is 0 Å². The van der Waals surface area contributed by atoms with E-state index in [0.29, 0.717) is 0 Å². The van der Waals surface area contributed by atoms with Crippen molar-refractivity contribution in [3.63, 3.8) is 0 Å². The van der Waals surface area contributed by atoms with Crippen LogP contribution in [0.4, 0.5) is 0 Å². The van der Waals surface area contributed by atoms with Crippen LogP contribution in [0.2, 0.25) is 0 Å². The Hall–Kier alpha value is -14.2. The molecular formula is C114H86N2. The summed E-state index contributed by atoms with van der Waals surface area (Å²) in [5.41, 5.74) is 32.3. The molecule has 0 radical (unpaired) electrons. The number of aromatic nitrogens is 2.